The third-order valence-corrected chi connectivity index (χ3v) is 8.06. The number of nitrogens with one attached hydrogen (secondary N) is 1. The molecule has 0 aliphatic heterocycles. The van der Waals surface area contributed by atoms with Crippen LogP contribution in [0.1, 0.15) is 67.2 Å². The average Bonchev–Trinajstić information content (AvgIpc) is 3.17. The molecule has 1 heterocycles. The molecule has 1 aromatic carbocycles. The SMILES string of the molecule is CC(C)c1nnc(NC(=O)c2cccc(S(=O)(=O)N(C)C3CCCCC3)c2)s1. The van der Waals surface area contributed by atoms with Crippen LogP contribution in [0.3, 0.4) is 0 Å². The Labute approximate surface area is 170 Å². The minimum Gasteiger partial charge on any atom is -0.296 e. The molecule has 2 aromatic rings. The first-order valence-electron chi connectivity index (χ1n) is 9.52. The molecule has 0 radical (unpaired) electrons. The Balaban J connectivity index is 1.77. The number of rotatable bonds is 6. The topological polar surface area (TPSA) is 92.3 Å². The average molecular weight is 423 g/mol. The first-order valence-corrected chi connectivity index (χ1v) is 11.8. The van der Waals surface area contributed by atoms with Crippen molar-refractivity contribution in [2.45, 2.75) is 62.8 Å². The van der Waals surface area contributed by atoms with Crippen molar-refractivity contribution in [3.8, 4) is 0 Å². The van der Waals surface area contributed by atoms with Gasteiger partial charge in [0.25, 0.3) is 5.91 Å². The van der Waals surface area contributed by atoms with Gasteiger partial charge in [0.1, 0.15) is 5.01 Å². The lowest BCUT2D eigenvalue weighted by Gasteiger charge is -2.30. The zero-order chi connectivity index (χ0) is 20.3. The number of sulfonamides is 1. The molecule has 0 saturated heterocycles. The summed E-state index contributed by atoms with van der Waals surface area (Å²) in [5.41, 5.74) is 0.277. The number of anilines is 1. The largest absolute Gasteiger partial charge is 0.296 e. The summed E-state index contributed by atoms with van der Waals surface area (Å²) in [5.74, 6) is -0.171. The summed E-state index contributed by atoms with van der Waals surface area (Å²) < 4.78 is 27.5. The number of amides is 1. The zero-order valence-electron chi connectivity index (χ0n) is 16.4. The molecule has 1 N–H and O–H groups in total. The van der Waals surface area contributed by atoms with Crippen molar-refractivity contribution in [1.82, 2.24) is 14.5 Å². The summed E-state index contributed by atoms with van der Waals surface area (Å²) in [6.07, 6.45) is 5.01. The Morgan fingerprint density at radius 3 is 2.57 bits per heavy atom. The molecular formula is C19H26N4O3S2. The van der Waals surface area contributed by atoms with Crippen LogP contribution in [0, 0.1) is 0 Å². The number of hydrogen-bond donors (Lipinski definition) is 1. The standard InChI is InChI=1S/C19H26N4O3S2/c1-13(2)18-21-22-19(27-18)20-17(24)14-8-7-11-16(12-14)28(25,26)23(3)15-9-5-4-6-10-15/h7-8,11-13,15H,4-6,9-10H2,1-3H3,(H,20,22,24). The van der Waals surface area contributed by atoms with Crippen LogP contribution in [0.4, 0.5) is 5.13 Å². The zero-order valence-corrected chi connectivity index (χ0v) is 18.0. The van der Waals surface area contributed by atoms with E-state index in [9.17, 15) is 13.2 Å². The van der Waals surface area contributed by atoms with Crippen LogP contribution in [-0.4, -0.2) is 41.9 Å². The summed E-state index contributed by atoms with van der Waals surface area (Å²) >= 11 is 1.32. The lowest BCUT2D eigenvalue weighted by Crippen LogP contribution is -2.38. The molecule has 0 spiro atoms. The molecule has 1 saturated carbocycles. The summed E-state index contributed by atoms with van der Waals surface area (Å²) in [4.78, 5) is 12.7. The molecule has 1 aliphatic rings. The predicted octanol–water partition coefficient (Wildman–Crippen LogP) is 3.87. The van der Waals surface area contributed by atoms with Crippen LogP contribution in [0.2, 0.25) is 0 Å². The van der Waals surface area contributed by atoms with Gasteiger partial charge in [-0.1, -0.05) is 50.5 Å². The molecule has 0 bridgehead atoms. The van der Waals surface area contributed by atoms with E-state index in [-0.39, 0.29) is 22.4 Å². The van der Waals surface area contributed by atoms with E-state index < -0.39 is 15.9 Å². The Hall–Kier alpha value is -1.84. The second kappa shape index (κ2) is 8.67. The van der Waals surface area contributed by atoms with E-state index in [2.05, 4.69) is 15.5 Å². The molecule has 1 aromatic heterocycles. The monoisotopic (exact) mass is 422 g/mol. The van der Waals surface area contributed by atoms with Gasteiger partial charge in [-0.15, -0.1) is 10.2 Å². The van der Waals surface area contributed by atoms with Gasteiger partial charge >= 0.3 is 0 Å². The summed E-state index contributed by atoms with van der Waals surface area (Å²) in [6, 6.07) is 6.17. The second-order valence-electron chi connectivity index (χ2n) is 7.40. The van der Waals surface area contributed by atoms with Gasteiger partial charge in [-0.05, 0) is 31.0 Å². The van der Waals surface area contributed by atoms with Crippen molar-refractivity contribution < 1.29 is 13.2 Å². The smallest absolute Gasteiger partial charge is 0.257 e. The summed E-state index contributed by atoms with van der Waals surface area (Å²) in [5, 5.41) is 12.0. The highest BCUT2D eigenvalue weighted by molar-refractivity contribution is 7.89. The minimum absolute atomic E-state index is 0.0204. The number of nitrogens with zero attached hydrogens (tertiary/aromatic N) is 3. The van der Waals surface area contributed by atoms with Gasteiger partial charge < -0.3 is 0 Å². The Morgan fingerprint density at radius 2 is 1.93 bits per heavy atom. The van der Waals surface area contributed by atoms with Crippen molar-refractivity contribution in [3.63, 3.8) is 0 Å². The Morgan fingerprint density at radius 1 is 1.21 bits per heavy atom. The van der Waals surface area contributed by atoms with Gasteiger partial charge in [0.2, 0.25) is 15.2 Å². The lowest BCUT2D eigenvalue weighted by atomic mass is 9.96. The third kappa shape index (κ3) is 4.59. The molecule has 0 atom stereocenters. The van der Waals surface area contributed by atoms with Crippen LogP contribution >= 0.6 is 11.3 Å². The van der Waals surface area contributed by atoms with Gasteiger partial charge in [-0.25, -0.2) is 8.42 Å². The number of hydrogen-bond acceptors (Lipinski definition) is 6. The quantitative estimate of drug-likeness (QED) is 0.763. The fourth-order valence-electron chi connectivity index (χ4n) is 3.29. The minimum atomic E-state index is -3.65. The number of benzene rings is 1. The number of carbonyl (C=O) groups excluding carboxylic acids is 1. The molecule has 1 fully saturated rings. The van der Waals surface area contributed by atoms with Gasteiger partial charge in [0.05, 0.1) is 4.90 Å². The van der Waals surface area contributed by atoms with E-state index in [1.807, 2.05) is 13.8 Å². The fourth-order valence-corrected chi connectivity index (χ4v) is 5.50. The molecule has 9 heteroatoms. The van der Waals surface area contributed by atoms with Crippen LogP contribution in [0.15, 0.2) is 29.2 Å². The first-order chi connectivity index (χ1) is 13.3. The van der Waals surface area contributed by atoms with Crippen LogP contribution in [-0.2, 0) is 10.0 Å². The molecule has 7 nitrogen and oxygen atoms in total. The molecule has 28 heavy (non-hydrogen) atoms. The molecular weight excluding hydrogens is 396 g/mol. The Kier molecular flexibility index (Phi) is 6.47. The highest BCUT2D eigenvalue weighted by atomic mass is 32.2. The van der Waals surface area contributed by atoms with Crippen molar-refractivity contribution in [1.29, 1.82) is 0 Å². The van der Waals surface area contributed by atoms with Gasteiger partial charge in [-0.2, -0.15) is 4.31 Å². The molecule has 152 valence electrons. The molecule has 3 rings (SSSR count). The predicted molar refractivity (Wildman–Crippen MR) is 110 cm³/mol. The van der Waals surface area contributed by atoms with Gasteiger partial charge in [-0.3, -0.25) is 10.1 Å². The van der Waals surface area contributed by atoms with Crippen molar-refractivity contribution in [2.24, 2.45) is 0 Å². The third-order valence-electron chi connectivity index (χ3n) is 5.02. The van der Waals surface area contributed by atoms with E-state index in [1.54, 1.807) is 19.2 Å². The van der Waals surface area contributed by atoms with E-state index >= 15 is 0 Å². The molecule has 1 amide bonds. The number of aromatic nitrogens is 2. The highest BCUT2D eigenvalue weighted by Crippen LogP contribution is 2.27. The van der Waals surface area contributed by atoms with E-state index in [0.717, 1.165) is 37.1 Å². The maximum Gasteiger partial charge on any atom is 0.257 e. The molecule has 1 aliphatic carbocycles. The highest BCUT2D eigenvalue weighted by Gasteiger charge is 2.29. The maximum absolute atomic E-state index is 13.0. The maximum atomic E-state index is 13.0. The van der Waals surface area contributed by atoms with Crippen molar-refractivity contribution in [3.05, 3.63) is 34.8 Å². The number of carbonyl (C=O) groups is 1. The summed E-state index contributed by atoms with van der Waals surface area (Å²) in [7, 11) is -2.01. The van der Waals surface area contributed by atoms with Crippen LogP contribution in [0.5, 0.6) is 0 Å². The van der Waals surface area contributed by atoms with E-state index in [1.165, 1.54) is 27.8 Å². The van der Waals surface area contributed by atoms with Crippen molar-refractivity contribution in [2.75, 3.05) is 12.4 Å². The fraction of sp³-hybridized carbons (Fsp3) is 0.526. The van der Waals surface area contributed by atoms with E-state index in [4.69, 9.17) is 0 Å². The first kappa shape index (κ1) is 20.9. The van der Waals surface area contributed by atoms with Gasteiger partial charge in [0, 0.05) is 24.6 Å². The normalized spacial score (nSPS) is 15.9. The van der Waals surface area contributed by atoms with E-state index in [0.29, 0.717) is 5.13 Å². The van der Waals surface area contributed by atoms with Gasteiger partial charge in [0.15, 0.2) is 0 Å². The van der Waals surface area contributed by atoms with Crippen LogP contribution < -0.4 is 5.32 Å². The van der Waals surface area contributed by atoms with Crippen LogP contribution in [0.25, 0.3) is 0 Å². The Bertz CT molecular complexity index is 934. The van der Waals surface area contributed by atoms with Crippen molar-refractivity contribution >= 4 is 32.4 Å². The lowest BCUT2D eigenvalue weighted by molar-refractivity contribution is 0.102. The molecule has 0 unspecified atom stereocenters. The second-order valence-corrected chi connectivity index (χ2v) is 10.4. The summed E-state index contributed by atoms with van der Waals surface area (Å²) in [6.45, 7) is 4.01.